The molecule has 122 valence electrons. The van der Waals surface area contributed by atoms with Crippen LogP contribution < -0.4 is 4.90 Å². The van der Waals surface area contributed by atoms with Gasteiger partial charge in [0.2, 0.25) is 5.91 Å². The highest BCUT2D eigenvalue weighted by molar-refractivity contribution is 6.27. The molecule has 0 saturated heterocycles. The summed E-state index contributed by atoms with van der Waals surface area (Å²) < 4.78 is 27.2. The fraction of sp³-hybridized carbons (Fsp3) is 0.263. The molecule has 4 rings (SSSR count). The van der Waals surface area contributed by atoms with Gasteiger partial charge in [-0.3, -0.25) is 9.59 Å². The number of benzene rings is 2. The van der Waals surface area contributed by atoms with Crippen molar-refractivity contribution in [3.63, 3.8) is 0 Å². The van der Waals surface area contributed by atoms with E-state index in [1.54, 1.807) is 12.1 Å². The maximum atomic E-state index is 13.6. The van der Waals surface area contributed by atoms with Gasteiger partial charge in [-0.2, -0.15) is 0 Å². The molecule has 0 N–H and O–H groups in total. The van der Waals surface area contributed by atoms with Crippen molar-refractivity contribution >= 4 is 17.5 Å². The molecule has 1 aliphatic carbocycles. The predicted octanol–water partition coefficient (Wildman–Crippen LogP) is 3.96. The first-order valence-electron chi connectivity index (χ1n) is 7.97. The average molecular weight is 327 g/mol. The molecule has 0 bridgehead atoms. The van der Waals surface area contributed by atoms with Crippen LogP contribution in [0.5, 0.6) is 0 Å². The summed E-state index contributed by atoms with van der Waals surface area (Å²) in [4.78, 5) is 27.0. The highest BCUT2D eigenvalue weighted by atomic mass is 19.1. The van der Waals surface area contributed by atoms with Crippen LogP contribution in [0.2, 0.25) is 0 Å². The summed E-state index contributed by atoms with van der Waals surface area (Å²) in [5.41, 5.74) is 0.352. The Morgan fingerprint density at radius 2 is 1.54 bits per heavy atom. The average Bonchev–Trinajstić information content (AvgIpc) is 3.03. The Balaban J connectivity index is 1.94. The van der Waals surface area contributed by atoms with Crippen molar-refractivity contribution in [2.24, 2.45) is 0 Å². The predicted molar refractivity (Wildman–Crippen MR) is 84.8 cm³/mol. The van der Waals surface area contributed by atoms with Crippen LogP contribution in [-0.4, -0.2) is 11.8 Å². The van der Waals surface area contributed by atoms with Gasteiger partial charge in [0, 0.05) is 11.6 Å². The second-order valence-corrected chi connectivity index (χ2v) is 6.41. The quantitative estimate of drug-likeness (QED) is 0.744. The van der Waals surface area contributed by atoms with Crippen LogP contribution in [0.25, 0.3) is 0 Å². The molecular formula is C19H15F2NO2. The minimum absolute atomic E-state index is 0.0525. The van der Waals surface area contributed by atoms with Gasteiger partial charge in [0.05, 0.1) is 11.1 Å². The minimum atomic E-state index is -0.815. The number of rotatable bonds is 1. The van der Waals surface area contributed by atoms with Gasteiger partial charge < -0.3 is 0 Å². The number of hydrogen-bond acceptors (Lipinski definition) is 2. The highest BCUT2D eigenvalue weighted by Gasteiger charge is 2.52. The highest BCUT2D eigenvalue weighted by Crippen LogP contribution is 2.47. The number of anilines is 1. The Morgan fingerprint density at radius 3 is 2.21 bits per heavy atom. The summed E-state index contributed by atoms with van der Waals surface area (Å²) in [7, 11) is 0. The van der Waals surface area contributed by atoms with E-state index < -0.39 is 23.0 Å². The lowest BCUT2D eigenvalue weighted by molar-refractivity contribution is -0.123. The van der Waals surface area contributed by atoms with E-state index in [4.69, 9.17) is 0 Å². The molecule has 2 aliphatic rings. The Labute approximate surface area is 137 Å². The van der Waals surface area contributed by atoms with Crippen LogP contribution in [0, 0.1) is 11.6 Å². The van der Waals surface area contributed by atoms with Gasteiger partial charge in [-0.25, -0.2) is 13.7 Å². The number of carbonyl (C=O) groups excluding carboxylic acids is 2. The summed E-state index contributed by atoms with van der Waals surface area (Å²) in [6.45, 7) is 0. The first kappa shape index (κ1) is 15.0. The zero-order chi connectivity index (χ0) is 16.9. The molecule has 3 nitrogen and oxygen atoms in total. The number of amides is 2. The number of nitrogens with zero attached hydrogens (tertiary/aromatic N) is 1. The van der Waals surface area contributed by atoms with Crippen molar-refractivity contribution in [3.05, 3.63) is 65.2 Å². The minimum Gasteiger partial charge on any atom is -0.273 e. The lowest BCUT2D eigenvalue weighted by Gasteiger charge is -2.39. The zero-order valence-corrected chi connectivity index (χ0v) is 12.9. The molecule has 1 saturated carbocycles. The Kier molecular flexibility index (Phi) is 3.27. The largest absolute Gasteiger partial charge is 0.273 e. The number of carbonyl (C=O) groups is 2. The lowest BCUT2D eigenvalue weighted by Crippen LogP contribution is -2.53. The van der Waals surface area contributed by atoms with Crippen molar-refractivity contribution < 1.29 is 18.4 Å². The van der Waals surface area contributed by atoms with Crippen LogP contribution in [0.1, 0.15) is 41.6 Å². The van der Waals surface area contributed by atoms with Gasteiger partial charge in [0.1, 0.15) is 11.6 Å². The van der Waals surface area contributed by atoms with Gasteiger partial charge in [0.15, 0.2) is 0 Å². The Bertz CT molecular complexity index is 836. The molecule has 5 heteroatoms. The summed E-state index contributed by atoms with van der Waals surface area (Å²) in [6, 6.07) is 9.82. The fourth-order valence-corrected chi connectivity index (χ4v) is 3.99. The van der Waals surface area contributed by atoms with E-state index in [-0.39, 0.29) is 11.6 Å². The molecular weight excluding hydrogens is 312 g/mol. The molecule has 0 atom stereocenters. The molecule has 1 heterocycles. The van der Waals surface area contributed by atoms with Crippen LogP contribution in [-0.2, 0) is 10.2 Å². The van der Waals surface area contributed by atoms with Gasteiger partial charge in [-0.05, 0) is 36.6 Å². The van der Waals surface area contributed by atoms with E-state index in [0.717, 1.165) is 41.5 Å². The number of halogens is 2. The maximum Gasteiger partial charge on any atom is 0.265 e. The van der Waals surface area contributed by atoms with Crippen LogP contribution in [0.4, 0.5) is 14.5 Å². The number of fused-ring (bicyclic) bond motifs is 2. The Hall–Kier alpha value is -2.56. The van der Waals surface area contributed by atoms with Gasteiger partial charge in [-0.15, -0.1) is 0 Å². The van der Waals surface area contributed by atoms with Gasteiger partial charge >= 0.3 is 0 Å². The molecule has 2 amide bonds. The second-order valence-electron chi connectivity index (χ2n) is 6.41. The van der Waals surface area contributed by atoms with Crippen LogP contribution in [0.3, 0.4) is 0 Å². The third kappa shape index (κ3) is 2.00. The molecule has 1 spiro atoms. The molecule has 1 fully saturated rings. The normalized spacial score (nSPS) is 19.0. The van der Waals surface area contributed by atoms with Crippen molar-refractivity contribution in [2.75, 3.05) is 4.90 Å². The van der Waals surface area contributed by atoms with E-state index in [1.807, 2.05) is 12.1 Å². The molecule has 0 aromatic heterocycles. The number of hydrogen-bond donors (Lipinski definition) is 0. The third-order valence-electron chi connectivity index (χ3n) is 5.05. The topological polar surface area (TPSA) is 37.4 Å². The van der Waals surface area contributed by atoms with E-state index in [2.05, 4.69) is 0 Å². The second kappa shape index (κ2) is 5.23. The molecule has 2 aromatic rings. The first-order chi connectivity index (χ1) is 11.5. The number of imide groups is 1. The van der Waals surface area contributed by atoms with Crippen molar-refractivity contribution in [2.45, 2.75) is 31.1 Å². The van der Waals surface area contributed by atoms with Crippen LogP contribution in [0.15, 0.2) is 42.5 Å². The molecule has 0 radical (unpaired) electrons. The monoisotopic (exact) mass is 327 g/mol. The smallest absolute Gasteiger partial charge is 0.265 e. The third-order valence-corrected chi connectivity index (χ3v) is 5.05. The summed E-state index contributed by atoms with van der Waals surface area (Å²) in [5, 5.41) is 0. The summed E-state index contributed by atoms with van der Waals surface area (Å²) in [6.07, 6.45) is 3.06. The standard InChI is InChI=1S/C19H15F2NO2/c20-12-9-13(21)11-14(10-12)22-17(23)15-5-1-2-6-16(15)19(18(22)24)7-3-4-8-19/h1-2,5-6,9-11H,3-4,7-8H2. The SMILES string of the molecule is O=C1c2ccccc2C2(CCCC2)C(=O)N1c1cc(F)cc(F)c1. The zero-order valence-electron chi connectivity index (χ0n) is 12.9. The summed E-state index contributed by atoms with van der Waals surface area (Å²) >= 11 is 0. The van der Waals surface area contributed by atoms with Gasteiger partial charge in [-0.1, -0.05) is 31.0 Å². The van der Waals surface area contributed by atoms with Crippen molar-refractivity contribution in [3.8, 4) is 0 Å². The van der Waals surface area contributed by atoms with Crippen molar-refractivity contribution in [1.29, 1.82) is 0 Å². The van der Waals surface area contributed by atoms with Crippen LogP contribution >= 0.6 is 0 Å². The van der Waals surface area contributed by atoms with Gasteiger partial charge in [0.25, 0.3) is 5.91 Å². The summed E-state index contributed by atoms with van der Waals surface area (Å²) in [5.74, 6) is -2.54. The maximum absolute atomic E-state index is 13.6. The molecule has 2 aromatic carbocycles. The van der Waals surface area contributed by atoms with Crippen molar-refractivity contribution in [1.82, 2.24) is 0 Å². The first-order valence-corrected chi connectivity index (χ1v) is 7.97. The Morgan fingerprint density at radius 1 is 0.917 bits per heavy atom. The molecule has 24 heavy (non-hydrogen) atoms. The van der Waals surface area contributed by atoms with E-state index >= 15 is 0 Å². The van der Waals surface area contributed by atoms with E-state index in [0.29, 0.717) is 18.4 Å². The fourth-order valence-electron chi connectivity index (χ4n) is 3.99. The molecule has 1 aliphatic heterocycles. The van der Waals surface area contributed by atoms with E-state index in [1.165, 1.54) is 0 Å². The lowest BCUT2D eigenvalue weighted by atomic mass is 9.72. The molecule has 0 unspecified atom stereocenters. The van der Waals surface area contributed by atoms with E-state index in [9.17, 15) is 18.4 Å².